The van der Waals surface area contributed by atoms with Crippen LogP contribution >= 0.6 is 0 Å². The molecule has 0 radical (unpaired) electrons. The zero-order chi connectivity index (χ0) is 13.2. The van der Waals surface area contributed by atoms with Gasteiger partial charge in [0.1, 0.15) is 0 Å². The molecule has 1 aromatic carbocycles. The molecule has 0 amide bonds. The van der Waals surface area contributed by atoms with Crippen molar-refractivity contribution in [3.63, 3.8) is 0 Å². The highest BCUT2D eigenvalue weighted by atomic mass is 16.1. The average Bonchev–Trinajstić information content (AvgIpc) is 3.03. The maximum absolute atomic E-state index is 11.4. The number of fused-ring (bicyclic) bond motifs is 2. The molecule has 1 aromatic rings. The molecule has 2 fully saturated rings. The molecule has 2 saturated carbocycles. The SMILES string of the molecule is CC(NC1CC2CCC1C2)=C(C=O)c1ccccc1. The van der Waals surface area contributed by atoms with Gasteiger partial charge in [0.2, 0.25) is 0 Å². The second-order valence-electron chi connectivity index (χ2n) is 5.95. The zero-order valence-corrected chi connectivity index (χ0v) is 11.4. The predicted octanol–water partition coefficient (Wildman–Crippen LogP) is 3.39. The van der Waals surface area contributed by atoms with E-state index < -0.39 is 0 Å². The monoisotopic (exact) mass is 255 g/mol. The van der Waals surface area contributed by atoms with Crippen molar-refractivity contribution >= 4 is 11.9 Å². The van der Waals surface area contributed by atoms with Gasteiger partial charge in [0, 0.05) is 17.3 Å². The van der Waals surface area contributed by atoms with Crippen LogP contribution in [0.2, 0.25) is 0 Å². The summed E-state index contributed by atoms with van der Waals surface area (Å²) in [5.41, 5.74) is 2.83. The molecule has 2 bridgehead atoms. The second-order valence-corrected chi connectivity index (χ2v) is 5.95. The summed E-state index contributed by atoms with van der Waals surface area (Å²) in [6.45, 7) is 2.03. The van der Waals surface area contributed by atoms with Gasteiger partial charge in [-0.05, 0) is 43.6 Å². The van der Waals surface area contributed by atoms with Crippen molar-refractivity contribution in [2.75, 3.05) is 0 Å². The van der Waals surface area contributed by atoms with Crippen molar-refractivity contribution in [3.05, 3.63) is 41.6 Å². The van der Waals surface area contributed by atoms with E-state index in [4.69, 9.17) is 0 Å². The smallest absolute Gasteiger partial charge is 0.152 e. The highest BCUT2D eigenvalue weighted by Crippen LogP contribution is 2.44. The average molecular weight is 255 g/mol. The maximum Gasteiger partial charge on any atom is 0.152 e. The molecule has 3 rings (SSSR count). The third kappa shape index (κ3) is 2.44. The van der Waals surface area contributed by atoms with Crippen molar-refractivity contribution in [1.82, 2.24) is 5.32 Å². The number of aldehydes is 1. The molecule has 0 spiro atoms. The van der Waals surface area contributed by atoms with E-state index in [0.29, 0.717) is 6.04 Å². The van der Waals surface area contributed by atoms with E-state index in [-0.39, 0.29) is 0 Å². The van der Waals surface area contributed by atoms with Gasteiger partial charge in [-0.1, -0.05) is 36.8 Å². The number of carbonyl (C=O) groups is 1. The Kier molecular flexibility index (Phi) is 3.41. The normalized spacial score (nSPS) is 30.1. The minimum atomic E-state index is 0.581. The fourth-order valence-electron chi connectivity index (χ4n) is 3.77. The number of nitrogens with one attached hydrogen (secondary N) is 1. The van der Waals surface area contributed by atoms with Gasteiger partial charge in [0.25, 0.3) is 0 Å². The molecule has 3 unspecified atom stereocenters. The number of benzene rings is 1. The number of hydrogen-bond acceptors (Lipinski definition) is 2. The van der Waals surface area contributed by atoms with E-state index in [1.54, 1.807) is 0 Å². The Morgan fingerprint density at radius 2 is 2.00 bits per heavy atom. The Labute approximate surface area is 114 Å². The van der Waals surface area contributed by atoms with Gasteiger partial charge < -0.3 is 5.32 Å². The van der Waals surface area contributed by atoms with Gasteiger partial charge >= 0.3 is 0 Å². The van der Waals surface area contributed by atoms with Crippen LogP contribution in [0.25, 0.3) is 5.57 Å². The molecule has 100 valence electrons. The van der Waals surface area contributed by atoms with Gasteiger partial charge in [0.15, 0.2) is 6.29 Å². The lowest BCUT2D eigenvalue weighted by Gasteiger charge is -2.25. The third-order valence-corrected chi connectivity index (χ3v) is 4.75. The van der Waals surface area contributed by atoms with Gasteiger partial charge in [-0.25, -0.2) is 0 Å². The van der Waals surface area contributed by atoms with Crippen LogP contribution in [0.5, 0.6) is 0 Å². The first-order valence-electron chi connectivity index (χ1n) is 7.26. The molecule has 3 atom stereocenters. The Morgan fingerprint density at radius 3 is 2.58 bits per heavy atom. The number of allylic oxidation sites excluding steroid dienone is 2. The summed E-state index contributed by atoms with van der Waals surface area (Å²) < 4.78 is 0. The molecule has 0 aliphatic heterocycles. The second kappa shape index (κ2) is 5.20. The van der Waals surface area contributed by atoms with Crippen molar-refractivity contribution in [3.8, 4) is 0 Å². The van der Waals surface area contributed by atoms with E-state index in [1.807, 2.05) is 37.3 Å². The maximum atomic E-state index is 11.4. The zero-order valence-electron chi connectivity index (χ0n) is 11.4. The van der Waals surface area contributed by atoms with Gasteiger partial charge in [-0.15, -0.1) is 0 Å². The minimum absolute atomic E-state index is 0.581. The van der Waals surface area contributed by atoms with Crippen LogP contribution in [0, 0.1) is 11.8 Å². The number of carbonyl (C=O) groups excluding carboxylic acids is 1. The first kappa shape index (κ1) is 12.5. The van der Waals surface area contributed by atoms with Gasteiger partial charge in [-0.3, -0.25) is 4.79 Å². The minimum Gasteiger partial charge on any atom is -0.385 e. The lowest BCUT2D eigenvalue weighted by atomic mass is 9.94. The van der Waals surface area contributed by atoms with Crippen LogP contribution in [0.1, 0.15) is 38.2 Å². The lowest BCUT2D eigenvalue weighted by molar-refractivity contribution is -0.103. The van der Waals surface area contributed by atoms with Crippen LogP contribution in [0.15, 0.2) is 36.0 Å². The fourth-order valence-corrected chi connectivity index (χ4v) is 3.77. The Balaban J connectivity index is 1.78. The standard InChI is InChI=1S/C17H21NO/c1-12(16(11-19)14-5-3-2-4-6-14)18-17-10-13-7-8-15(17)9-13/h2-6,11,13,15,17-18H,7-10H2,1H3. The summed E-state index contributed by atoms with van der Waals surface area (Å²) in [6, 6.07) is 10.5. The summed E-state index contributed by atoms with van der Waals surface area (Å²) in [6.07, 6.45) is 6.41. The van der Waals surface area contributed by atoms with E-state index in [9.17, 15) is 4.79 Å². The third-order valence-electron chi connectivity index (χ3n) is 4.75. The summed E-state index contributed by atoms with van der Waals surface area (Å²) in [7, 11) is 0. The molecular weight excluding hydrogens is 234 g/mol. The lowest BCUT2D eigenvalue weighted by Crippen LogP contribution is -2.33. The topological polar surface area (TPSA) is 29.1 Å². The van der Waals surface area contributed by atoms with Crippen molar-refractivity contribution in [1.29, 1.82) is 0 Å². The molecule has 0 heterocycles. The van der Waals surface area contributed by atoms with Crippen LogP contribution < -0.4 is 5.32 Å². The van der Waals surface area contributed by atoms with Crippen molar-refractivity contribution < 1.29 is 4.79 Å². The highest BCUT2D eigenvalue weighted by Gasteiger charge is 2.39. The van der Waals surface area contributed by atoms with Gasteiger partial charge in [0.05, 0.1) is 0 Å². The van der Waals surface area contributed by atoms with E-state index in [0.717, 1.165) is 35.0 Å². The van der Waals surface area contributed by atoms with Crippen LogP contribution in [0.4, 0.5) is 0 Å². The molecule has 2 heteroatoms. The van der Waals surface area contributed by atoms with Gasteiger partial charge in [-0.2, -0.15) is 0 Å². The Bertz CT molecular complexity index is 491. The molecule has 2 aliphatic rings. The quantitative estimate of drug-likeness (QED) is 0.660. The molecule has 0 aromatic heterocycles. The Hall–Kier alpha value is -1.57. The van der Waals surface area contributed by atoms with Crippen LogP contribution in [0.3, 0.4) is 0 Å². The molecule has 2 aliphatic carbocycles. The highest BCUT2D eigenvalue weighted by molar-refractivity contribution is 6.07. The van der Waals surface area contributed by atoms with Crippen LogP contribution in [-0.4, -0.2) is 12.3 Å². The summed E-state index contributed by atoms with van der Waals surface area (Å²) in [5.74, 6) is 1.75. The summed E-state index contributed by atoms with van der Waals surface area (Å²) >= 11 is 0. The molecule has 0 saturated heterocycles. The first-order valence-corrected chi connectivity index (χ1v) is 7.26. The van der Waals surface area contributed by atoms with E-state index in [2.05, 4.69) is 5.32 Å². The fraction of sp³-hybridized carbons (Fsp3) is 0.471. The Morgan fingerprint density at radius 1 is 1.21 bits per heavy atom. The van der Waals surface area contributed by atoms with E-state index >= 15 is 0 Å². The first-order chi connectivity index (χ1) is 9.28. The molecular formula is C17H21NO. The van der Waals surface area contributed by atoms with E-state index in [1.165, 1.54) is 25.7 Å². The van der Waals surface area contributed by atoms with Crippen molar-refractivity contribution in [2.24, 2.45) is 11.8 Å². The molecule has 19 heavy (non-hydrogen) atoms. The van der Waals surface area contributed by atoms with Crippen LogP contribution in [-0.2, 0) is 4.79 Å². The summed E-state index contributed by atoms with van der Waals surface area (Å²) in [4.78, 5) is 11.4. The predicted molar refractivity (Wildman–Crippen MR) is 77.5 cm³/mol. The number of rotatable bonds is 4. The molecule has 2 nitrogen and oxygen atoms in total. The number of hydrogen-bond donors (Lipinski definition) is 1. The summed E-state index contributed by atoms with van der Waals surface area (Å²) in [5, 5.41) is 3.61. The van der Waals surface area contributed by atoms with Crippen molar-refractivity contribution in [2.45, 2.75) is 38.6 Å². The molecule has 1 N–H and O–H groups in total. The largest absolute Gasteiger partial charge is 0.385 e.